The van der Waals surface area contributed by atoms with Crippen molar-refractivity contribution in [2.24, 2.45) is 0 Å². The minimum Gasteiger partial charge on any atom is -0.456 e. The number of aryl methyl sites for hydroxylation is 1. The Kier molecular flexibility index (Phi) is 7.11. The van der Waals surface area contributed by atoms with Gasteiger partial charge in [0.15, 0.2) is 11.8 Å². The van der Waals surface area contributed by atoms with Gasteiger partial charge in [0.1, 0.15) is 0 Å². The fraction of sp³-hybridized carbons (Fsp3) is 0.222. The van der Waals surface area contributed by atoms with Gasteiger partial charge in [-0.3, -0.25) is 14.4 Å². The van der Waals surface area contributed by atoms with E-state index in [4.69, 9.17) is 16.3 Å². The van der Waals surface area contributed by atoms with E-state index in [1.807, 2.05) is 19.1 Å². The molecule has 1 aromatic heterocycles. The van der Waals surface area contributed by atoms with Crippen LogP contribution in [0.5, 0.6) is 0 Å². The number of carbonyl (C=O) groups is 3. The Bertz CT molecular complexity index is 811. The molecule has 2 aromatic rings. The lowest BCUT2D eigenvalue weighted by atomic mass is 10.1. The number of amides is 2. The minimum absolute atomic E-state index is 0.0431. The number of nitrogens with zero attached hydrogens (tertiary/aromatic N) is 1. The average Bonchev–Trinajstić information content (AvgIpc) is 2.62. The fourth-order valence-corrected chi connectivity index (χ4v) is 2.25. The number of esters is 1. The summed E-state index contributed by atoms with van der Waals surface area (Å²) in [5.74, 6) is -1.39. The van der Waals surface area contributed by atoms with Crippen LogP contribution >= 0.6 is 11.6 Å². The molecule has 0 fully saturated rings. The zero-order chi connectivity index (χ0) is 18.9. The number of hydrogen-bond donors (Lipinski definition) is 2. The summed E-state index contributed by atoms with van der Waals surface area (Å²) >= 11 is 5.82. The van der Waals surface area contributed by atoms with E-state index in [-0.39, 0.29) is 24.0 Å². The molecule has 0 spiro atoms. The Hall–Kier alpha value is -2.93. The van der Waals surface area contributed by atoms with Crippen molar-refractivity contribution in [3.05, 3.63) is 58.9 Å². The van der Waals surface area contributed by atoms with E-state index in [9.17, 15) is 14.4 Å². The summed E-state index contributed by atoms with van der Waals surface area (Å²) in [6.07, 6.45) is 1.45. The second kappa shape index (κ2) is 9.53. The molecule has 26 heavy (non-hydrogen) atoms. The van der Waals surface area contributed by atoms with E-state index < -0.39 is 18.5 Å². The van der Waals surface area contributed by atoms with Crippen molar-refractivity contribution in [3.63, 3.8) is 0 Å². The lowest BCUT2D eigenvalue weighted by molar-refractivity contribution is -0.147. The van der Waals surface area contributed by atoms with E-state index in [0.717, 1.165) is 5.56 Å². The van der Waals surface area contributed by atoms with Gasteiger partial charge in [-0.1, -0.05) is 29.8 Å². The molecule has 0 unspecified atom stereocenters. The Morgan fingerprint density at radius 3 is 2.65 bits per heavy atom. The molecule has 8 heteroatoms. The van der Waals surface area contributed by atoms with Crippen molar-refractivity contribution in [3.8, 4) is 0 Å². The first-order chi connectivity index (χ1) is 12.5. The second-order valence-corrected chi connectivity index (χ2v) is 5.73. The molecular formula is C18H18ClN3O4. The van der Waals surface area contributed by atoms with Gasteiger partial charge in [-0.25, -0.2) is 4.98 Å². The van der Waals surface area contributed by atoms with Crippen molar-refractivity contribution in [2.75, 3.05) is 18.5 Å². The number of anilines is 1. The highest BCUT2D eigenvalue weighted by Crippen LogP contribution is 2.17. The largest absolute Gasteiger partial charge is 0.456 e. The van der Waals surface area contributed by atoms with Crippen LogP contribution in [0.15, 0.2) is 42.6 Å². The molecule has 136 valence electrons. The lowest BCUT2D eigenvalue weighted by Gasteiger charge is -2.09. The molecule has 7 nitrogen and oxygen atoms in total. The van der Waals surface area contributed by atoms with Crippen molar-refractivity contribution >= 4 is 35.1 Å². The molecule has 2 N–H and O–H groups in total. The van der Waals surface area contributed by atoms with Crippen LogP contribution in [0.4, 0.5) is 5.69 Å². The Balaban J connectivity index is 1.69. The molecule has 0 aliphatic carbocycles. The Morgan fingerprint density at radius 2 is 1.92 bits per heavy atom. The predicted octanol–water partition coefficient (Wildman–Crippen LogP) is 2.35. The first-order valence-corrected chi connectivity index (χ1v) is 8.25. The molecule has 0 aliphatic rings. The molecule has 0 atom stereocenters. The first kappa shape index (κ1) is 19.4. The first-order valence-electron chi connectivity index (χ1n) is 7.87. The third-order valence-electron chi connectivity index (χ3n) is 3.40. The number of ether oxygens (including phenoxy) is 1. The zero-order valence-electron chi connectivity index (χ0n) is 14.1. The topological polar surface area (TPSA) is 97.4 Å². The summed E-state index contributed by atoms with van der Waals surface area (Å²) in [4.78, 5) is 39.2. The number of pyridine rings is 1. The predicted molar refractivity (Wildman–Crippen MR) is 97.0 cm³/mol. The second-order valence-electron chi connectivity index (χ2n) is 5.37. The number of nitrogens with one attached hydrogen (secondary N) is 2. The summed E-state index contributed by atoms with van der Waals surface area (Å²) in [5.41, 5.74) is 1.73. The van der Waals surface area contributed by atoms with E-state index in [2.05, 4.69) is 15.6 Å². The number of benzene rings is 1. The summed E-state index contributed by atoms with van der Waals surface area (Å²) in [6.45, 7) is 1.49. The maximum Gasteiger partial charge on any atom is 0.308 e. The monoisotopic (exact) mass is 375 g/mol. The van der Waals surface area contributed by atoms with Crippen molar-refractivity contribution in [2.45, 2.75) is 13.3 Å². The number of carbonyl (C=O) groups excluding carboxylic acids is 3. The van der Waals surface area contributed by atoms with Crippen molar-refractivity contribution in [1.82, 2.24) is 10.3 Å². The molecule has 1 heterocycles. The highest BCUT2D eigenvalue weighted by molar-refractivity contribution is 6.32. The van der Waals surface area contributed by atoms with E-state index >= 15 is 0 Å². The number of halogens is 1. The lowest BCUT2D eigenvalue weighted by Crippen LogP contribution is -2.28. The van der Waals surface area contributed by atoms with Crippen LogP contribution in [-0.4, -0.2) is 35.9 Å². The Morgan fingerprint density at radius 1 is 1.15 bits per heavy atom. The molecular weight excluding hydrogens is 358 g/mol. The summed E-state index contributed by atoms with van der Waals surface area (Å²) in [7, 11) is 0. The number of rotatable bonds is 7. The molecule has 0 bridgehead atoms. The summed E-state index contributed by atoms with van der Waals surface area (Å²) < 4.78 is 4.86. The highest BCUT2D eigenvalue weighted by Gasteiger charge is 2.11. The summed E-state index contributed by atoms with van der Waals surface area (Å²) in [5, 5.41) is 5.27. The SMILES string of the molecule is Cc1ccccc1C(=O)NCCC(=O)OCC(=O)Nc1cccnc1Cl. The molecule has 2 amide bonds. The molecule has 2 rings (SSSR count). The smallest absolute Gasteiger partial charge is 0.308 e. The van der Waals surface area contributed by atoms with E-state index in [0.29, 0.717) is 11.3 Å². The zero-order valence-corrected chi connectivity index (χ0v) is 14.9. The van der Waals surface area contributed by atoms with Gasteiger partial charge < -0.3 is 15.4 Å². The van der Waals surface area contributed by atoms with Gasteiger partial charge in [-0.2, -0.15) is 0 Å². The average molecular weight is 376 g/mol. The molecule has 0 saturated heterocycles. The normalized spacial score (nSPS) is 10.1. The van der Waals surface area contributed by atoms with Gasteiger partial charge in [-0.15, -0.1) is 0 Å². The van der Waals surface area contributed by atoms with Gasteiger partial charge in [-0.05, 0) is 30.7 Å². The van der Waals surface area contributed by atoms with E-state index in [1.165, 1.54) is 6.20 Å². The minimum atomic E-state index is -0.595. The number of hydrogen-bond acceptors (Lipinski definition) is 5. The van der Waals surface area contributed by atoms with Crippen LogP contribution in [0.25, 0.3) is 0 Å². The van der Waals surface area contributed by atoms with Gasteiger partial charge in [0, 0.05) is 18.3 Å². The molecule has 1 aromatic carbocycles. The molecule has 0 saturated carbocycles. The quantitative estimate of drug-likeness (QED) is 0.572. The van der Waals surface area contributed by atoms with Crippen LogP contribution in [0.2, 0.25) is 5.15 Å². The maximum absolute atomic E-state index is 12.0. The van der Waals surface area contributed by atoms with Crippen LogP contribution < -0.4 is 10.6 Å². The van der Waals surface area contributed by atoms with Gasteiger partial charge in [0.2, 0.25) is 0 Å². The molecule has 0 aliphatic heterocycles. The third kappa shape index (κ3) is 5.86. The van der Waals surface area contributed by atoms with Crippen LogP contribution in [0.1, 0.15) is 22.3 Å². The third-order valence-corrected chi connectivity index (χ3v) is 3.70. The standard InChI is InChI=1S/C18H18ClN3O4/c1-12-5-2-3-6-13(12)18(25)21-10-8-16(24)26-11-15(23)22-14-7-4-9-20-17(14)19/h2-7,9H,8,10-11H2,1H3,(H,21,25)(H,22,23). The summed E-state index contributed by atoms with van der Waals surface area (Å²) in [6, 6.07) is 10.3. The Labute approximate surface area is 155 Å². The van der Waals surface area contributed by atoms with E-state index in [1.54, 1.807) is 24.3 Å². The van der Waals surface area contributed by atoms with Gasteiger partial charge in [0.05, 0.1) is 12.1 Å². The van der Waals surface area contributed by atoms with Gasteiger partial charge >= 0.3 is 5.97 Å². The van der Waals surface area contributed by atoms with Crippen molar-refractivity contribution < 1.29 is 19.1 Å². The maximum atomic E-state index is 12.0. The highest BCUT2D eigenvalue weighted by atomic mass is 35.5. The number of aromatic nitrogens is 1. The fourth-order valence-electron chi connectivity index (χ4n) is 2.08. The van der Waals surface area contributed by atoms with Crippen LogP contribution in [-0.2, 0) is 14.3 Å². The van der Waals surface area contributed by atoms with Crippen molar-refractivity contribution in [1.29, 1.82) is 0 Å². The van der Waals surface area contributed by atoms with Crippen LogP contribution in [0.3, 0.4) is 0 Å². The van der Waals surface area contributed by atoms with Gasteiger partial charge in [0.25, 0.3) is 11.8 Å². The van der Waals surface area contributed by atoms with Crippen LogP contribution in [0, 0.1) is 6.92 Å². The molecule has 0 radical (unpaired) electrons.